The summed E-state index contributed by atoms with van der Waals surface area (Å²) in [4.78, 5) is 15.4. The molecule has 1 aromatic heterocycles. The van der Waals surface area contributed by atoms with Crippen LogP contribution in [0.1, 0.15) is 29.2 Å². The largest absolute Gasteiger partial charge is 0.478 e. The number of carbonyl (C=O) groups is 1. The minimum atomic E-state index is -0.965. The summed E-state index contributed by atoms with van der Waals surface area (Å²) in [6.07, 6.45) is 2.12. The lowest BCUT2D eigenvalue weighted by Crippen LogP contribution is -1.99. The molecule has 0 spiro atoms. The Hall–Kier alpha value is -2.69. The second-order valence-corrected chi connectivity index (χ2v) is 5.53. The second kappa shape index (κ2) is 4.66. The molecule has 22 heavy (non-hydrogen) atoms. The third-order valence-electron chi connectivity index (χ3n) is 3.97. The number of fused-ring (bicyclic) bond motifs is 1. The molecule has 4 rings (SSSR count). The number of hydrogen-bond donors (Lipinski definition) is 1. The van der Waals surface area contributed by atoms with E-state index in [-0.39, 0.29) is 11.4 Å². The van der Waals surface area contributed by atoms with Crippen molar-refractivity contribution in [2.24, 2.45) is 0 Å². The van der Waals surface area contributed by atoms with E-state index in [0.29, 0.717) is 17.4 Å². The first-order valence-corrected chi connectivity index (χ1v) is 7.15. The van der Waals surface area contributed by atoms with Crippen LogP contribution in [-0.2, 0) is 0 Å². The van der Waals surface area contributed by atoms with Gasteiger partial charge in [-0.15, -0.1) is 0 Å². The van der Waals surface area contributed by atoms with Crippen molar-refractivity contribution in [2.45, 2.75) is 18.9 Å². The molecule has 1 fully saturated rings. The Morgan fingerprint density at radius 2 is 1.91 bits per heavy atom. The lowest BCUT2D eigenvalue weighted by molar-refractivity contribution is 0.0697. The zero-order chi connectivity index (χ0) is 15.3. The summed E-state index contributed by atoms with van der Waals surface area (Å²) in [5, 5.41) is 8.98. The van der Waals surface area contributed by atoms with Crippen LogP contribution in [0, 0.1) is 5.82 Å². The summed E-state index contributed by atoms with van der Waals surface area (Å²) in [6.45, 7) is 0. The van der Waals surface area contributed by atoms with E-state index < -0.39 is 5.97 Å². The molecule has 1 saturated carbocycles. The molecular weight excluding hydrogens is 283 g/mol. The van der Waals surface area contributed by atoms with E-state index in [0.717, 1.165) is 23.9 Å². The molecule has 1 aliphatic rings. The minimum Gasteiger partial charge on any atom is -0.478 e. The smallest absolute Gasteiger partial charge is 0.335 e. The van der Waals surface area contributed by atoms with Crippen LogP contribution in [0.15, 0.2) is 42.5 Å². The highest BCUT2D eigenvalue weighted by molar-refractivity contribution is 5.88. The fraction of sp³-hybridized carbons (Fsp3) is 0.176. The number of nitrogens with zero attached hydrogens (tertiary/aromatic N) is 2. The second-order valence-electron chi connectivity index (χ2n) is 5.53. The van der Waals surface area contributed by atoms with Gasteiger partial charge in [0.1, 0.15) is 11.3 Å². The van der Waals surface area contributed by atoms with E-state index in [1.165, 1.54) is 6.07 Å². The lowest BCUT2D eigenvalue weighted by atomic mass is 10.1. The maximum absolute atomic E-state index is 14.0. The van der Waals surface area contributed by atoms with E-state index >= 15 is 0 Å². The molecule has 0 radical (unpaired) electrons. The summed E-state index contributed by atoms with van der Waals surface area (Å²) in [5.41, 5.74) is 2.18. The van der Waals surface area contributed by atoms with Crippen LogP contribution >= 0.6 is 0 Å². The maximum Gasteiger partial charge on any atom is 0.335 e. The van der Waals surface area contributed by atoms with Crippen LogP contribution in [0.3, 0.4) is 0 Å². The van der Waals surface area contributed by atoms with Gasteiger partial charge in [0, 0.05) is 11.6 Å². The predicted molar refractivity (Wildman–Crippen MR) is 80.4 cm³/mol. The van der Waals surface area contributed by atoms with Crippen molar-refractivity contribution in [1.82, 2.24) is 9.55 Å². The maximum atomic E-state index is 14.0. The standard InChI is InChI=1S/C17H13FN2O2/c18-13-2-1-3-14-15(13)19-16(20(14)12-8-9-12)10-4-6-11(7-5-10)17(21)22/h1-7,12H,8-9H2,(H,21,22). The summed E-state index contributed by atoms with van der Waals surface area (Å²) in [5.74, 6) is -0.604. The molecule has 3 aromatic rings. The highest BCUT2D eigenvalue weighted by Crippen LogP contribution is 2.41. The van der Waals surface area contributed by atoms with Gasteiger partial charge in [-0.1, -0.05) is 18.2 Å². The molecule has 0 saturated heterocycles. The van der Waals surface area contributed by atoms with Crippen LogP contribution in [0.5, 0.6) is 0 Å². The van der Waals surface area contributed by atoms with E-state index in [1.807, 2.05) is 6.07 Å². The molecule has 0 aliphatic heterocycles. The van der Waals surface area contributed by atoms with Gasteiger partial charge in [0.25, 0.3) is 0 Å². The van der Waals surface area contributed by atoms with Gasteiger partial charge in [0.05, 0.1) is 11.1 Å². The average molecular weight is 296 g/mol. The number of aromatic carboxylic acids is 1. The fourth-order valence-corrected chi connectivity index (χ4v) is 2.75. The molecule has 5 heteroatoms. The first kappa shape index (κ1) is 13.0. The number of halogens is 1. The molecule has 4 nitrogen and oxygen atoms in total. The topological polar surface area (TPSA) is 55.1 Å². The quantitative estimate of drug-likeness (QED) is 0.798. The molecule has 1 aliphatic carbocycles. The third-order valence-corrected chi connectivity index (χ3v) is 3.97. The monoisotopic (exact) mass is 296 g/mol. The van der Waals surface area contributed by atoms with E-state index in [1.54, 1.807) is 30.3 Å². The number of carboxylic acids is 1. The average Bonchev–Trinajstić information content (AvgIpc) is 3.28. The van der Waals surface area contributed by atoms with Gasteiger partial charge in [-0.25, -0.2) is 14.2 Å². The number of hydrogen-bond acceptors (Lipinski definition) is 2. The van der Waals surface area contributed by atoms with E-state index in [2.05, 4.69) is 9.55 Å². The summed E-state index contributed by atoms with van der Waals surface area (Å²) in [6, 6.07) is 11.9. The van der Waals surface area contributed by atoms with E-state index in [4.69, 9.17) is 5.11 Å². The molecule has 0 amide bonds. The van der Waals surface area contributed by atoms with Gasteiger partial charge in [-0.05, 0) is 37.1 Å². The van der Waals surface area contributed by atoms with Gasteiger partial charge in [-0.3, -0.25) is 0 Å². The van der Waals surface area contributed by atoms with Crippen molar-refractivity contribution in [1.29, 1.82) is 0 Å². The lowest BCUT2D eigenvalue weighted by Gasteiger charge is -2.07. The molecule has 2 aromatic carbocycles. The van der Waals surface area contributed by atoms with Crippen LogP contribution in [-0.4, -0.2) is 20.6 Å². The van der Waals surface area contributed by atoms with E-state index in [9.17, 15) is 9.18 Å². The Kier molecular flexibility index (Phi) is 2.76. The first-order chi connectivity index (χ1) is 10.6. The zero-order valence-electron chi connectivity index (χ0n) is 11.7. The van der Waals surface area contributed by atoms with Crippen molar-refractivity contribution >= 4 is 17.0 Å². The predicted octanol–water partition coefficient (Wildman–Crippen LogP) is 3.88. The Morgan fingerprint density at radius 3 is 2.55 bits per heavy atom. The first-order valence-electron chi connectivity index (χ1n) is 7.15. The third kappa shape index (κ3) is 1.97. The highest BCUT2D eigenvalue weighted by Gasteiger charge is 2.29. The molecule has 110 valence electrons. The van der Waals surface area contributed by atoms with Crippen LogP contribution < -0.4 is 0 Å². The number of imidazole rings is 1. The van der Waals surface area contributed by atoms with Gasteiger partial charge >= 0.3 is 5.97 Å². The van der Waals surface area contributed by atoms with Crippen LogP contribution in [0.4, 0.5) is 4.39 Å². The summed E-state index contributed by atoms with van der Waals surface area (Å²) >= 11 is 0. The summed E-state index contributed by atoms with van der Waals surface area (Å²) in [7, 11) is 0. The molecule has 1 N–H and O–H groups in total. The number of carboxylic acid groups (broad SMARTS) is 1. The van der Waals surface area contributed by atoms with Gasteiger partial charge in [0.2, 0.25) is 0 Å². The van der Waals surface area contributed by atoms with Crippen LogP contribution in [0.25, 0.3) is 22.4 Å². The number of para-hydroxylation sites is 1. The number of rotatable bonds is 3. The Morgan fingerprint density at radius 1 is 1.18 bits per heavy atom. The van der Waals surface area contributed by atoms with Gasteiger partial charge < -0.3 is 9.67 Å². The minimum absolute atomic E-state index is 0.226. The van der Waals surface area contributed by atoms with Gasteiger partial charge in [-0.2, -0.15) is 0 Å². The molecular formula is C17H13FN2O2. The van der Waals surface area contributed by atoms with Gasteiger partial charge in [0.15, 0.2) is 5.82 Å². The van der Waals surface area contributed by atoms with Crippen molar-refractivity contribution in [3.8, 4) is 11.4 Å². The van der Waals surface area contributed by atoms with Crippen LogP contribution in [0.2, 0.25) is 0 Å². The van der Waals surface area contributed by atoms with Crippen molar-refractivity contribution in [2.75, 3.05) is 0 Å². The SMILES string of the molecule is O=C(O)c1ccc(-c2nc3c(F)cccc3n2C2CC2)cc1. The molecule has 0 bridgehead atoms. The Labute approximate surface area is 125 Å². The van der Waals surface area contributed by atoms with Crippen molar-refractivity contribution in [3.05, 3.63) is 53.8 Å². The highest BCUT2D eigenvalue weighted by atomic mass is 19.1. The Balaban J connectivity index is 1.92. The molecule has 0 unspecified atom stereocenters. The zero-order valence-corrected chi connectivity index (χ0v) is 11.7. The molecule has 1 heterocycles. The van der Waals surface area contributed by atoms with Crippen molar-refractivity contribution < 1.29 is 14.3 Å². The number of aromatic nitrogens is 2. The number of benzene rings is 2. The Bertz CT molecular complexity index is 880. The normalized spacial score (nSPS) is 14.4. The summed E-state index contributed by atoms with van der Waals surface area (Å²) < 4.78 is 16.1. The molecule has 0 atom stereocenters. The fourth-order valence-electron chi connectivity index (χ4n) is 2.75. The van der Waals surface area contributed by atoms with Crippen molar-refractivity contribution in [3.63, 3.8) is 0 Å².